The predicted octanol–water partition coefficient (Wildman–Crippen LogP) is 0.258. The Morgan fingerprint density at radius 2 is 2.24 bits per heavy atom. The predicted molar refractivity (Wildman–Crippen MR) is 79.4 cm³/mol. The first-order valence-electron chi connectivity index (χ1n) is 7.09. The van der Waals surface area contributed by atoms with Crippen LogP contribution in [0.2, 0.25) is 0 Å². The zero-order valence-corrected chi connectivity index (χ0v) is 12.6. The number of nitrogens with one attached hydrogen (secondary N) is 1. The largest absolute Gasteiger partial charge is 0.376 e. The van der Waals surface area contributed by atoms with E-state index in [-0.39, 0.29) is 6.10 Å². The van der Waals surface area contributed by atoms with Gasteiger partial charge in [0.25, 0.3) is 0 Å². The summed E-state index contributed by atoms with van der Waals surface area (Å²) in [5.74, 6) is 6.91. The fourth-order valence-electron chi connectivity index (χ4n) is 2.62. The summed E-state index contributed by atoms with van der Waals surface area (Å²) < 4.78 is 7.38. The first-order chi connectivity index (χ1) is 10.1. The van der Waals surface area contributed by atoms with Crippen LogP contribution in [0.4, 0.5) is 5.82 Å². The number of morpholine rings is 1. The summed E-state index contributed by atoms with van der Waals surface area (Å²) in [7, 11) is 1.86. The molecule has 8 nitrogen and oxygen atoms in total. The molecule has 2 aromatic rings. The zero-order chi connectivity index (χ0) is 15.0. The average Bonchev–Trinajstić information content (AvgIpc) is 2.84. The minimum atomic E-state index is 0.230. The molecule has 0 spiro atoms. The van der Waals surface area contributed by atoms with Crippen molar-refractivity contribution in [1.29, 1.82) is 0 Å². The van der Waals surface area contributed by atoms with Gasteiger partial charge in [-0.05, 0) is 13.8 Å². The quantitative estimate of drug-likeness (QED) is 0.618. The molecule has 2 atom stereocenters. The molecule has 0 bridgehead atoms. The molecule has 0 radical (unpaired) electrons. The Morgan fingerprint density at radius 1 is 1.43 bits per heavy atom. The van der Waals surface area contributed by atoms with E-state index in [0.29, 0.717) is 18.4 Å². The Labute approximate surface area is 123 Å². The zero-order valence-electron chi connectivity index (χ0n) is 12.6. The maximum atomic E-state index is 5.65. The molecule has 3 heterocycles. The summed E-state index contributed by atoms with van der Waals surface area (Å²) in [6.07, 6.45) is 1.95. The van der Waals surface area contributed by atoms with Gasteiger partial charge in [0, 0.05) is 19.6 Å². The van der Waals surface area contributed by atoms with Gasteiger partial charge in [0.2, 0.25) is 0 Å². The second-order valence-corrected chi connectivity index (χ2v) is 5.56. The molecule has 2 unspecified atom stereocenters. The van der Waals surface area contributed by atoms with Crippen molar-refractivity contribution in [1.82, 2.24) is 24.6 Å². The van der Waals surface area contributed by atoms with E-state index in [4.69, 9.17) is 10.6 Å². The van der Waals surface area contributed by atoms with Crippen LogP contribution >= 0.6 is 0 Å². The second-order valence-electron chi connectivity index (χ2n) is 5.56. The lowest BCUT2D eigenvalue weighted by molar-refractivity contribution is -0.0534. The standard InChI is InChI=1S/C13H21N7O/c1-8-7-21-9(2)5-20(8)6-11-16-12(18-14)10-4-15-19(3)13(10)17-11/h4,8-9H,5-7,14H2,1-3H3,(H,16,17,18). The summed E-state index contributed by atoms with van der Waals surface area (Å²) in [5, 5.41) is 5.03. The van der Waals surface area contributed by atoms with Crippen LogP contribution in [0.3, 0.4) is 0 Å². The Morgan fingerprint density at radius 3 is 3.00 bits per heavy atom. The molecule has 1 aliphatic rings. The number of aryl methyl sites for hydroxylation is 1. The number of nitrogen functional groups attached to an aromatic ring is 1. The lowest BCUT2D eigenvalue weighted by Gasteiger charge is -2.36. The van der Waals surface area contributed by atoms with Crippen molar-refractivity contribution >= 4 is 16.9 Å². The Hall–Kier alpha value is -1.77. The number of rotatable bonds is 3. The van der Waals surface area contributed by atoms with Gasteiger partial charge in [-0.15, -0.1) is 0 Å². The topological polar surface area (TPSA) is 94.1 Å². The highest BCUT2D eigenvalue weighted by atomic mass is 16.5. The molecule has 0 saturated carbocycles. The average molecular weight is 291 g/mol. The van der Waals surface area contributed by atoms with Gasteiger partial charge in [-0.3, -0.25) is 9.58 Å². The van der Waals surface area contributed by atoms with Gasteiger partial charge >= 0.3 is 0 Å². The van der Waals surface area contributed by atoms with Crippen molar-refractivity contribution < 1.29 is 4.74 Å². The van der Waals surface area contributed by atoms with Crippen molar-refractivity contribution in [3.8, 4) is 0 Å². The lowest BCUT2D eigenvalue weighted by atomic mass is 10.2. The SMILES string of the molecule is CC1CN(Cc2nc(NN)c3cnn(C)c3n2)C(C)CO1. The third-order valence-corrected chi connectivity index (χ3v) is 3.86. The van der Waals surface area contributed by atoms with Crippen LogP contribution in [0.25, 0.3) is 11.0 Å². The molecule has 21 heavy (non-hydrogen) atoms. The number of ether oxygens (including phenoxy) is 1. The third kappa shape index (κ3) is 2.69. The summed E-state index contributed by atoms with van der Waals surface area (Å²) in [5.41, 5.74) is 3.41. The Bertz CT molecular complexity index is 641. The van der Waals surface area contributed by atoms with E-state index in [2.05, 4.69) is 39.2 Å². The van der Waals surface area contributed by atoms with E-state index in [1.807, 2.05) is 7.05 Å². The van der Waals surface area contributed by atoms with Crippen molar-refractivity contribution in [2.75, 3.05) is 18.6 Å². The normalized spacial score (nSPS) is 23.6. The van der Waals surface area contributed by atoms with Crippen LogP contribution in [0.1, 0.15) is 19.7 Å². The number of hydrogen-bond acceptors (Lipinski definition) is 7. The molecule has 3 rings (SSSR count). The molecule has 0 amide bonds. The smallest absolute Gasteiger partial charge is 0.163 e. The number of hydrazine groups is 1. The van der Waals surface area contributed by atoms with E-state index in [1.54, 1.807) is 10.9 Å². The van der Waals surface area contributed by atoms with Gasteiger partial charge in [0.15, 0.2) is 11.5 Å². The van der Waals surface area contributed by atoms with Gasteiger partial charge in [0.05, 0.1) is 30.8 Å². The van der Waals surface area contributed by atoms with Crippen molar-refractivity contribution in [3.05, 3.63) is 12.0 Å². The summed E-state index contributed by atoms with van der Waals surface area (Å²) >= 11 is 0. The van der Waals surface area contributed by atoms with E-state index < -0.39 is 0 Å². The number of nitrogens with two attached hydrogens (primary N) is 1. The first-order valence-corrected chi connectivity index (χ1v) is 7.09. The number of nitrogens with zero attached hydrogens (tertiary/aromatic N) is 5. The van der Waals surface area contributed by atoms with Crippen LogP contribution < -0.4 is 11.3 Å². The molecule has 0 aromatic carbocycles. The second kappa shape index (κ2) is 5.55. The molecule has 1 saturated heterocycles. The first kappa shape index (κ1) is 14.2. The summed E-state index contributed by atoms with van der Waals surface area (Å²) in [6, 6.07) is 0.348. The molecule has 0 aliphatic carbocycles. The van der Waals surface area contributed by atoms with E-state index in [0.717, 1.165) is 30.0 Å². The molecule has 8 heteroatoms. The minimum absolute atomic E-state index is 0.230. The monoisotopic (exact) mass is 291 g/mol. The fraction of sp³-hybridized carbons (Fsp3) is 0.615. The number of anilines is 1. The highest BCUT2D eigenvalue weighted by molar-refractivity contribution is 5.86. The van der Waals surface area contributed by atoms with Gasteiger partial charge in [-0.1, -0.05) is 0 Å². The van der Waals surface area contributed by atoms with Gasteiger partial charge in [-0.2, -0.15) is 5.10 Å². The van der Waals surface area contributed by atoms with Crippen molar-refractivity contribution in [2.45, 2.75) is 32.5 Å². The highest BCUT2D eigenvalue weighted by Crippen LogP contribution is 2.20. The molecule has 2 aromatic heterocycles. The third-order valence-electron chi connectivity index (χ3n) is 3.86. The van der Waals surface area contributed by atoms with Gasteiger partial charge in [0.1, 0.15) is 5.82 Å². The maximum absolute atomic E-state index is 5.65. The van der Waals surface area contributed by atoms with E-state index in [9.17, 15) is 0 Å². The van der Waals surface area contributed by atoms with Crippen LogP contribution in [-0.2, 0) is 18.3 Å². The fourth-order valence-corrected chi connectivity index (χ4v) is 2.62. The minimum Gasteiger partial charge on any atom is -0.376 e. The Balaban J connectivity index is 1.91. The van der Waals surface area contributed by atoms with Crippen LogP contribution in [0.5, 0.6) is 0 Å². The molecular formula is C13H21N7O. The van der Waals surface area contributed by atoms with Crippen LogP contribution in [0, 0.1) is 0 Å². The molecule has 3 N–H and O–H groups in total. The van der Waals surface area contributed by atoms with Gasteiger partial charge in [-0.25, -0.2) is 15.8 Å². The lowest BCUT2D eigenvalue weighted by Crippen LogP contribution is -2.46. The molecule has 1 fully saturated rings. The van der Waals surface area contributed by atoms with Crippen molar-refractivity contribution in [2.24, 2.45) is 12.9 Å². The van der Waals surface area contributed by atoms with Crippen LogP contribution in [-0.4, -0.2) is 49.9 Å². The molecule has 1 aliphatic heterocycles. The Kier molecular flexibility index (Phi) is 3.75. The number of hydrogen-bond donors (Lipinski definition) is 2. The van der Waals surface area contributed by atoms with Gasteiger partial charge < -0.3 is 10.2 Å². The van der Waals surface area contributed by atoms with E-state index >= 15 is 0 Å². The van der Waals surface area contributed by atoms with Crippen molar-refractivity contribution in [3.63, 3.8) is 0 Å². The highest BCUT2D eigenvalue weighted by Gasteiger charge is 2.24. The number of aromatic nitrogens is 4. The number of fused-ring (bicyclic) bond motifs is 1. The molecular weight excluding hydrogens is 270 g/mol. The molecule has 114 valence electrons. The summed E-state index contributed by atoms with van der Waals surface area (Å²) in [4.78, 5) is 11.4. The summed E-state index contributed by atoms with van der Waals surface area (Å²) in [6.45, 7) is 6.51. The van der Waals surface area contributed by atoms with E-state index in [1.165, 1.54) is 0 Å². The maximum Gasteiger partial charge on any atom is 0.163 e. The van der Waals surface area contributed by atoms with Crippen LogP contribution in [0.15, 0.2) is 6.20 Å².